The number of nitrogens with one attached hydrogen (secondary N) is 2. The van der Waals surface area contributed by atoms with E-state index in [-0.39, 0.29) is 5.91 Å². The zero-order valence-electron chi connectivity index (χ0n) is 11.9. The predicted molar refractivity (Wildman–Crippen MR) is 75.3 cm³/mol. The summed E-state index contributed by atoms with van der Waals surface area (Å²) in [7, 11) is 0. The molecule has 3 heterocycles. The SMILES string of the molecule is Cc1cc(C)c(C(=O)N2CCC3(CCNC3)CC2)[nH]1. The van der Waals surface area contributed by atoms with Crippen LogP contribution in [-0.4, -0.2) is 42.0 Å². The van der Waals surface area contributed by atoms with Crippen LogP contribution in [0.2, 0.25) is 0 Å². The highest BCUT2D eigenvalue weighted by atomic mass is 16.2. The minimum absolute atomic E-state index is 0.173. The second-order valence-corrected chi connectivity index (χ2v) is 6.23. The van der Waals surface area contributed by atoms with E-state index in [0.29, 0.717) is 5.41 Å². The number of carbonyl (C=O) groups excluding carboxylic acids is 1. The number of hydrogen-bond acceptors (Lipinski definition) is 2. The first-order chi connectivity index (χ1) is 9.10. The molecule has 0 radical (unpaired) electrons. The Labute approximate surface area is 114 Å². The molecule has 3 rings (SSSR count). The fourth-order valence-electron chi connectivity index (χ4n) is 3.52. The van der Waals surface area contributed by atoms with Crippen molar-refractivity contribution >= 4 is 5.91 Å². The standard InChI is InChI=1S/C15H23N3O/c1-11-9-12(2)17-13(11)14(19)18-7-4-15(5-8-18)3-6-16-10-15/h9,16-17H,3-8,10H2,1-2H3. The maximum Gasteiger partial charge on any atom is 0.270 e. The zero-order chi connectivity index (χ0) is 13.5. The van der Waals surface area contributed by atoms with Crippen LogP contribution >= 0.6 is 0 Å². The molecule has 0 unspecified atom stereocenters. The Bertz CT molecular complexity index is 476. The monoisotopic (exact) mass is 261 g/mol. The van der Waals surface area contributed by atoms with E-state index in [2.05, 4.69) is 10.3 Å². The fraction of sp³-hybridized carbons (Fsp3) is 0.667. The number of aryl methyl sites for hydroxylation is 2. The van der Waals surface area contributed by atoms with Crippen molar-refractivity contribution in [2.24, 2.45) is 5.41 Å². The van der Waals surface area contributed by atoms with Crippen molar-refractivity contribution in [1.29, 1.82) is 0 Å². The Kier molecular flexibility index (Phi) is 3.13. The van der Waals surface area contributed by atoms with Gasteiger partial charge in [0.15, 0.2) is 0 Å². The molecule has 0 bridgehead atoms. The van der Waals surface area contributed by atoms with E-state index < -0.39 is 0 Å². The number of nitrogens with zero attached hydrogens (tertiary/aromatic N) is 1. The van der Waals surface area contributed by atoms with Gasteiger partial charge >= 0.3 is 0 Å². The lowest BCUT2D eigenvalue weighted by Gasteiger charge is -2.38. The Balaban J connectivity index is 1.68. The van der Waals surface area contributed by atoms with Gasteiger partial charge in [0.1, 0.15) is 5.69 Å². The molecule has 2 aliphatic heterocycles. The van der Waals surface area contributed by atoms with Gasteiger partial charge in [0.05, 0.1) is 0 Å². The molecule has 4 nitrogen and oxygen atoms in total. The molecule has 1 aromatic rings. The number of hydrogen-bond donors (Lipinski definition) is 2. The van der Waals surface area contributed by atoms with Gasteiger partial charge in [0.2, 0.25) is 0 Å². The fourth-order valence-corrected chi connectivity index (χ4v) is 3.52. The molecule has 0 aromatic carbocycles. The Morgan fingerprint density at radius 3 is 2.53 bits per heavy atom. The molecule has 19 heavy (non-hydrogen) atoms. The van der Waals surface area contributed by atoms with Crippen molar-refractivity contribution in [2.75, 3.05) is 26.2 Å². The average molecular weight is 261 g/mol. The summed E-state index contributed by atoms with van der Waals surface area (Å²) in [5, 5.41) is 3.46. The summed E-state index contributed by atoms with van der Waals surface area (Å²) in [5.41, 5.74) is 3.37. The van der Waals surface area contributed by atoms with E-state index >= 15 is 0 Å². The van der Waals surface area contributed by atoms with Crippen molar-refractivity contribution in [1.82, 2.24) is 15.2 Å². The molecule has 1 spiro atoms. The van der Waals surface area contributed by atoms with Crippen molar-refractivity contribution in [3.63, 3.8) is 0 Å². The zero-order valence-corrected chi connectivity index (χ0v) is 11.9. The molecule has 2 N–H and O–H groups in total. The second-order valence-electron chi connectivity index (χ2n) is 6.23. The van der Waals surface area contributed by atoms with Crippen LogP contribution in [0.15, 0.2) is 6.07 Å². The Hall–Kier alpha value is -1.29. The normalized spacial score (nSPS) is 22.1. The number of H-pyrrole nitrogens is 1. The van der Waals surface area contributed by atoms with E-state index in [1.807, 2.05) is 24.8 Å². The maximum absolute atomic E-state index is 12.5. The molecule has 4 heteroatoms. The van der Waals surface area contributed by atoms with Gasteiger partial charge in [-0.15, -0.1) is 0 Å². The minimum Gasteiger partial charge on any atom is -0.354 e. The van der Waals surface area contributed by atoms with Gasteiger partial charge in [-0.25, -0.2) is 0 Å². The first-order valence-electron chi connectivity index (χ1n) is 7.26. The molecular formula is C15H23N3O. The van der Waals surface area contributed by atoms with Crippen molar-refractivity contribution < 1.29 is 4.79 Å². The van der Waals surface area contributed by atoms with Gasteiger partial charge in [-0.2, -0.15) is 0 Å². The van der Waals surface area contributed by atoms with Crippen LogP contribution in [0.4, 0.5) is 0 Å². The molecule has 1 amide bonds. The first-order valence-corrected chi connectivity index (χ1v) is 7.26. The third kappa shape index (κ3) is 2.29. The van der Waals surface area contributed by atoms with Gasteiger partial charge in [-0.1, -0.05) is 0 Å². The average Bonchev–Trinajstić information content (AvgIpc) is 2.97. The summed E-state index contributed by atoms with van der Waals surface area (Å²) in [6.07, 6.45) is 3.56. The van der Waals surface area contributed by atoms with E-state index in [0.717, 1.165) is 56.0 Å². The molecular weight excluding hydrogens is 238 g/mol. The Morgan fingerprint density at radius 1 is 1.26 bits per heavy atom. The highest BCUT2D eigenvalue weighted by molar-refractivity contribution is 5.94. The Morgan fingerprint density at radius 2 is 2.00 bits per heavy atom. The molecule has 1 aromatic heterocycles. The number of rotatable bonds is 1. The number of aromatic nitrogens is 1. The predicted octanol–water partition coefficient (Wildman–Crippen LogP) is 1.85. The second kappa shape index (κ2) is 4.67. The van der Waals surface area contributed by atoms with Crippen LogP contribution in [0.3, 0.4) is 0 Å². The molecule has 0 atom stereocenters. The lowest BCUT2D eigenvalue weighted by molar-refractivity contribution is 0.0602. The lowest BCUT2D eigenvalue weighted by Crippen LogP contribution is -2.44. The molecule has 0 saturated carbocycles. The van der Waals surface area contributed by atoms with Gasteiger partial charge in [0, 0.05) is 25.3 Å². The highest BCUT2D eigenvalue weighted by Gasteiger charge is 2.38. The summed E-state index contributed by atoms with van der Waals surface area (Å²) in [6, 6.07) is 2.04. The summed E-state index contributed by atoms with van der Waals surface area (Å²) in [5.74, 6) is 0.173. The quantitative estimate of drug-likeness (QED) is 0.810. The third-order valence-corrected chi connectivity index (χ3v) is 4.81. The maximum atomic E-state index is 12.5. The number of carbonyl (C=O) groups is 1. The number of aromatic amines is 1. The first kappa shape index (κ1) is 12.7. The third-order valence-electron chi connectivity index (χ3n) is 4.81. The topological polar surface area (TPSA) is 48.1 Å². The van der Waals surface area contributed by atoms with Crippen LogP contribution in [0.25, 0.3) is 0 Å². The van der Waals surface area contributed by atoms with Crippen molar-refractivity contribution in [3.8, 4) is 0 Å². The molecule has 0 aliphatic carbocycles. The van der Waals surface area contributed by atoms with Crippen LogP contribution in [0, 0.1) is 19.3 Å². The van der Waals surface area contributed by atoms with Gasteiger partial charge in [-0.3, -0.25) is 4.79 Å². The highest BCUT2D eigenvalue weighted by Crippen LogP contribution is 2.37. The van der Waals surface area contributed by atoms with Crippen molar-refractivity contribution in [2.45, 2.75) is 33.1 Å². The largest absolute Gasteiger partial charge is 0.354 e. The molecule has 2 saturated heterocycles. The van der Waals surface area contributed by atoms with Crippen LogP contribution in [0.1, 0.15) is 41.0 Å². The minimum atomic E-state index is 0.173. The number of likely N-dealkylation sites (tertiary alicyclic amines) is 1. The van der Waals surface area contributed by atoms with E-state index in [4.69, 9.17) is 0 Å². The van der Waals surface area contributed by atoms with Crippen LogP contribution in [-0.2, 0) is 0 Å². The number of amides is 1. The van der Waals surface area contributed by atoms with E-state index in [9.17, 15) is 4.79 Å². The van der Waals surface area contributed by atoms with E-state index in [1.54, 1.807) is 0 Å². The number of piperidine rings is 1. The van der Waals surface area contributed by atoms with Crippen molar-refractivity contribution in [3.05, 3.63) is 23.0 Å². The summed E-state index contributed by atoms with van der Waals surface area (Å²) in [6.45, 7) is 8.08. The van der Waals surface area contributed by atoms with Gasteiger partial charge < -0.3 is 15.2 Å². The van der Waals surface area contributed by atoms with Gasteiger partial charge in [-0.05, 0) is 56.7 Å². The van der Waals surface area contributed by atoms with E-state index in [1.165, 1.54) is 6.42 Å². The lowest BCUT2D eigenvalue weighted by atomic mass is 9.78. The van der Waals surface area contributed by atoms with Crippen LogP contribution in [0.5, 0.6) is 0 Å². The van der Waals surface area contributed by atoms with Crippen LogP contribution < -0.4 is 5.32 Å². The molecule has 2 aliphatic rings. The van der Waals surface area contributed by atoms with Gasteiger partial charge in [0.25, 0.3) is 5.91 Å². The summed E-state index contributed by atoms with van der Waals surface area (Å²) >= 11 is 0. The molecule has 2 fully saturated rings. The summed E-state index contributed by atoms with van der Waals surface area (Å²) in [4.78, 5) is 17.7. The smallest absolute Gasteiger partial charge is 0.270 e. The molecule has 104 valence electrons. The summed E-state index contributed by atoms with van der Waals surface area (Å²) < 4.78 is 0.